The predicted molar refractivity (Wildman–Crippen MR) is 96.9 cm³/mol. The Labute approximate surface area is 152 Å². The summed E-state index contributed by atoms with van der Waals surface area (Å²) < 4.78 is 1.02. The number of carbonyl (C=O) groups is 2. The molecule has 0 saturated carbocycles. The van der Waals surface area contributed by atoms with Gasteiger partial charge in [0.15, 0.2) is 0 Å². The molecule has 122 valence electrons. The Balaban J connectivity index is 1.96. The van der Waals surface area contributed by atoms with Crippen LogP contribution in [0.5, 0.6) is 0 Å². The number of hydrogen-bond acceptors (Lipinski definition) is 3. The van der Waals surface area contributed by atoms with Crippen molar-refractivity contribution in [2.24, 2.45) is 0 Å². The molecule has 23 heavy (non-hydrogen) atoms. The van der Waals surface area contributed by atoms with Crippen molar-refractivity contribution in [1.29, 1.82) is 0 Å². The summed E-state index contributed by atoms with van der Waals surface area (Å²) in [6.45, 7) is 2.17. The summed E-state index contributed by atoms with van der Waals surface area (Å²) >= 11 is 11.0. The van der Waals surface area contributed by atoms with Crippen LogP contribution in [-0.2, 0) is 11.3 Å². The van der Waals surface area contributed by atoms with Gasteiger partial charge in [0.2, 0.25) is 5.91 Å². The van der Waals surface area contributed by atoms with Gasteiger partial charge >= 0.3 is 0 Å². The van der Waals surface area contributed by atoms with Crippen molar-refractivity contribution in [2.75, 3.05) is 7.05 Å². The van der Waals surface area contributed by atoms with Crippen molar-refractivity contribution in [3.05, 3.63) is 55.6 Å². The van der Waals surface area contributed by atoms with Crippen LogP contribution in [0, 0.1) is 0 Å². The van der Waals surface area contributed by atoms with Gasteiger partial charge in [0.25, 0.3) is 5.91 Å². The van der Waals surface area contributed by atoms with Crippen LogP contribution in [0.25, 0.3) is 0 Å². The van der Waals surface area contributed by atoms with E-state index >= 15 is 0 Å². The average molecular weight is 416 g/mol. The van der Waals surface area contributed by atoms with Crippen molar-refractivity contribution in [2.45, 2.75) is 19.5 Å². The molecule has 2 amide bonds. The normalized spacial score (nSPS) is 11.8. The van der Waals surface area contributed by atoms with Crippen molar-refractivity contribution in [3.8, 4) is 0 Å². The summed E-state index contributed by atoms with van der Waals surface area (Å²) in [5.41, 5.74) is 0.360. The van der Waals surface area contributed by atoms with Crippen LogP contribution in [0.2, 0.25) is 5.02 Å². The highest BCUT2D eigenvalue weighted by Crippen LogP contribution is 2.23. The number of thiophene rings is 1. The molecule has 0 aliphatic heterocycles. The van der Waals surface area contributed by atoms with Crippen LogP contribution >= 0.6 is 38.9 Å². The van der Waals surface area contributed by atoms with Gasteiger partial charge in [-0.1, -0.05) is 23.7 Å². The number of benzene rings is 1. The first-order valence-electron chi connectivity index (χ1n) is 6.93. The fourth-order valence-corrected chi connectivity index (χ4v) is 3.82. The molecule has 2 rings (SSSR count). The second kappa shape index (κ2) is 7.95. The second-order valence-electron chi connectivity index (χ2n) is 5.08. The lowest BCUT2D eigenvalue weighted by atomic mass is 10.2. The Bertz CT molecular complexity index is 720. The third-order valence-corrected chi connectivity index (χ3v) is 5.17. The minimum absolute atomic E-state index is 0.157. The van der Waals surface area contributed by atoms with Gasteiger partial charge in [-0.15, -0.1) is 11.3 Å². The fraction of sp³-hybridized carbons (Fsp3) is 0.250. The number of nitrogens with one attached hydrogen (secondary N) is 1. The monoisotopic (exact) mass is 414 g/mol. The predicted octanol–water partition coefficient (Wildman–Crippen LogP) is 3.94. The molecule has 0 spiro atoms. The van der Waals surface area contributed by atoms with E-state index in [2.05, 4.69) is 21.2 Å². The number of amides is 2. The zero-order chi connectivity index (χ0) is 17.0. The minimum atomic E-state index is -0.632. The summed E-state index contributed by atoms with van der Waals surface area (Å²) in [4.78, 5) is 27.2. The molecule has 1 aromatic carbocycles. The van der Waals surface area contributed by atoms with Gasteiger partial charge in [-0.05, 0) is 47.1 Å². The summed E-state index contributed by atoms with van der Waals surface area (Å²) in [6.07, 6.45) is 0. The maximum Gasteiger partial charge on any atom is 0.253 e. The molecule has 0 aliphatic rings. The molecule has 7 heteroatoms. The van der Waals surface area contributed by atoms with E-state index in [1.807, 2.05) is 12.1 Å². The van der Waals surface area contributed by atoms with Crippen molar-refractivity contribution in [1.82, 2.24) is 10.2 Å². The van der Waals surface area contributed by atoms with Gasteiger partial charge in [0.05, 0.1) is 20.9 Å². The van der Waals surface area contributed by atoms with E-state index in [0.717, 1.165) is 8.66 Å². The van der Waals surface area contributed by atoms with Gasteiger partial charge < -0.3 is 10.2 Å². The largest absolute Gasteiger partial charge is 0.340 e. The number of likely N-dealkylation sites (N-methyl/N-ethyl adjacent to an activating group) is 1. The van der Waals surface area contributed by atoms with Gasteiger partial charge in [0.1, 0.15) is 6.04 Å². The summed E-state index contributed by atoms with van der Waals surface area (Å²) in [5, 5.41) is 3.05. The zero-order valence-corrected chi connectivity index (χ0v) is 15.8. The Morgan fingerprint density at radius 1 is 1.30 bits per heavy atom. The fourth-order valence-electron chi connectivity index (χ4n) is 2.06. The maximum absolute atomic E-state index is 12.4. The van der Waals surface area contributed by atoms with Crippen LogP contribution in [0.3, 0.4) is 0 Å². The highest BCUT2D eigenvalue weighted by atomic mass is 79.9. The Morgan fingerprint density at radius 2 is 2.00 bits per heavy atom. The SMILES string of the molecule is C[C@H](NC(=O)c1ccccc1Cl)C(=O)N(C)Cc1ccc(Br)s1. The number of halogens is 2. The first kappa shape index (κ1) is 18.0. The average Bonchev–Trinajstić information content (AvgIpc) is 2.91. The number of rotatable bonds is 5. The molecule has 2 aromatic rings. The lowest BCUT2D eigenvalue weighted by Gasteiger charge is -2.21. The maximum atomic E-state index is 12.4. The highest BCUT2D eigenvalue weighted by molar-refractivity contribution is 9.11. The minimum Gasteiger partial charge on any atom is -0.340 e. The zero-order valence-electron chi connectivity index (χ0n) is 12.7. The van der Waals surface area contributed by atoms with Crippen LogP contribution in [0.1, 0.15) is 22.2 Å². The van der Waals surface area contributed by atoms with E-state index in [1.54, 1.807) is 54.5 Å². The molecule has 4 nitrogen and oxygen atoms in total. The molecule has 0 radical (unpaired) electrons. The lowest BCUT2D eigenvalue weighted by Crippen LogP contribution is -2.45. The third-order valence-electron chi connectivity index (χ3n) is 3.23. The first-order valence-corrected chi connectivity index (χ1v) is 8.92. The molecule has 0 bridgehead atoms. The molecule has 1 heterocycles. The topological polar surface area (TPSA) is 49.4 Å². The van der Waals surface area contributed by atoms with Crippen LogP contribution in [0.15, 0.2) is 40.2 Å². The van der Waals surface area contributed by atoms with E-state index < -0.39 is 6.04 Å². The van der Waals surface area contributed by atoms with Gasteiger partial charge in [-0.3, -0.25) is 9.59 Å². The molecular formula is C16H16BrClN2O2S. The smallest absolute Gasteiger partial charge is 0.253 e. The molecule has 0 unspecified atom stereocenters. The molecule has 1 aromatic heterocycles. The summed E-state index contributed by atoms with van der Waals surface area (Å²) in [7, 11) is 1.72. The Hall–Kier alpha value is -1.37. The van der Waals surface area contributed by atoms with Crippen LogP contribution < -0.4 is 5.32 Å². The summed E-state index contributed by atoms with van der Waals surface area (Å²) in [6, 6.07) is 10.0. The molecule has 1 N–H and O–H groups in total. The molecule has 0 saturated heterocycles. The molecular weight excluding hydrogens is 400 g/mol. The van der Waals surface area contributed by atoms with E-state index in [1.165, 1.54) is 0 Å². The van der Waals surface area contributed by atoms with Gasteiger partial charge in [-0.2, -0.15) is 0 Å². The second-order valence-corrected chi connectivity index (χ2v) is 8.03. The summed E-state index contributed by atoms with van der Waals surface area (Å²) in [5.74, 6) is -0.515. The van der Waals surface area contributed by atoms with E-state index in [0.29, 0.717) is 17.1 Å². The number of hydrogen-bond donors (Lipinski definition) is 1. The van der Waals surface area contributed by atoms with E-state index in [9.17, 15) is 9.59 Å². The highest BCUT2D eigenvalue weighted by Gasteiger charge is 2.21. The van der Waals surface area contributed by atoms with Crippen LogP contribution in [-0.4, -0.2) is 29.8 Å². The van der Waals surface area contributed by atoms with E-state index in [-0.39, 0.29) is 11.8 Å². The van der Waals surface area contributed by atoms with Crippen molar-refractivity contribution < 1.29 is 9.59 Å². The van der Waals surface area contributed by atoms with E-state index in [4.69, 9.17) is 11.6 Å². The number of nitrogens with zero attached hydrogens (tertiary/aromatic N) is 1. The molecule has 1 atom stereocenters. The first-order chi connectivity index (χ1) is 10.9. The van der Waals surface area contributed by atoms with Crippen molar-refractivity contribution >= 4 is 50.7 Å². The molecule has 0 aliphatic carbocycles. The van der Waals surface area contributed by atoms with Crippen molar-refractivity contribution in [3.63, 3.8) is 0 Å². The standard InChI is InChI=1S/C16H16BrClN2O2S/c1-10(19-15(21)12-5-3-4-6-13(12)18)16(22)20(2)9-11-7-8-14(17)23-11/h3-8,10H,9H2,1-2H3,(H,19,21)/t10-/m0/s1. The molecule has 0 fully saturated rings. The lowest BCUT2D eigenvalue weighted by molar-refractivity contribution is -0.132. The quantitative estimate of drug-likeness (QED) is 0.804. The third kappa shape index (κ3) is 4.80. The Morgan fingerprint density at radius 3 is 2.61 bits per heavy atom. The van der Waals surface area contributed by atoms with Gasteiger partial charge in [-0.25, -0.2) is 0 Å². The van der Waals surface area contributed by atoms with Crippen LogP contribution in [0.4, 0.5) is 0 Å². The Kier molecular flexibility index (Phi) is 6.21. The number of carbonyl (C=O) groups excluding carboxylic acids is 2. The van der Waals surface area contributed by atoms with Gasteiger partial charge in [0, 0.05) is 11.9 Å².